The van der Waals surface area contributed by atoms with Crippen LogP contribution in [0.2, 0.25) is 0 Å². The molecular weight excluding hydrogens is 352 g/mol. The molecule has 156 valence electrons. The van der Waals surface area contributed by atoms with Crippen LogP contribution in [0.5, 0.6) is 0 Å². The van der Waals surface area contributed by atoms with Crippen molar-refractivity contribution in [1.82, 2.24) is 4.90 Å². The number of para-hydroxylation sites is 1. The Morgan fingerprint density at radius 2 is 1.57 bits per heavy atom. The fourth-order valence-corrected chi connectivity index (χ4v) is 4.77. The molecular formula is C23H36N2O3. The summed E-state index contributed by atoms with van der Waals surface area (Å²) in [5, 5.41) is 9.85. The SMILES string of the molecule is CCC1(CC)CN(C(C)(C)C)C(=O)C(CC)(CC)N1c1ccccc1C(=O)O. The Labute approximate surface area is 169 Å². The molecule has 5 heteroatoms. The summed E-state index contributed by atoms with van der Waals surface area (Å²) in [5.41, 5.74) is -0.455. The molecule has 0 atom stereocenters. The van der Waals surface area contributed by atoms with Crippen molar-refractivity contribution in [3.8, 4) is 0 Å². The zero-order valence-electron chi connectivity index (χ0n) is 18.5. The van der Waals surface area contributed by atoms with Crippen molar-refractivity contribution in [3.63, 3.8) is 0 Å². The second-order valence-corrected chi connectivity index (χ2v) is 8.89. The Morgan fingerprint density at radius 3 is 2.00 bits per heavy atom. The zero-order chi connectivity index (χ0) is 21.3. The molecule has 1 aliphatic rings. The Morgan fingerprint density at radius 1 is 1.04 bits per heavy atom. The van der Waals surface area contributed by atoms with Crippen molar-refractivity contribution in [1.29, 1.82) is 0 Å². The predicted molar refractivity (Wildman–Crippen MR) is 114 cm³/mol. The maximum atomic E-state index is 13.9. The molecule has 1 aromatic rings. The Hall–Kier alpha value is -2.04. The molecule has 0 spiro atoms. The van der Waals surface area contributed by atoms with Crippen molar-refractivity contribution in [2.75, 3.05) is 11.4 Å². The predicted octanol–water partition coefficient (Wildman–Crippen LogP) is 4.95. The number of hydrogen-bond donors (Lipinski definition) is 1. The Bertz CT molecular complexity index is 728. The van der Waals surface area contributed by atoms with Crippen LogP contribution in [0.3, 0.4) is 0 Å². The van der Waals surface area contributed by atoms with Crippen LogP contribution in [0.4, 0.5) is 5.69 Å². The number of nitrogens with zero attached hydrogens (tertiary/aromatic N) is 2. The molecule has 2 rings (SSSR count). The summed E-state index contributed by atoms with van der Waals surface area (Å²) < 4.78 is 0. The topological polar surface area (TPSA) is 60.9 Å². The van der Waals surface area contributed by atoms with E-state index in [4.69, 9.17) is 0 Å². The highest BCUT2D eigenvalue weighted by Crippen LogP contribution is 2.47. The van der Waals surface area contributed by atoms with Crippen LogP contribution in [0.15, 0.2) is 24.3 Å². The molecule has 0 saturated carbocycles. The summed E-state index contributed by atoms with van der Waals surface area (Å²) in [6, 6.07) is 7.13. The highest BCUT2D eigenvalue weighted by atomic mass is 16.4. The number of carbonyl (C=O) groups excluding carboxylic acids is 1. The molecule has 0 radical (unpaired) electrons. The largest absolute Gasteiger partial charge is 0.478 e. The third-order valence-corrected chi connectivity index (χ3v) is 6.67. The third-order valence-electron chi connectivity index (χ3n) is 6.67. The van der Waals surface area contributed by atoms with Crippen LogP contribution in [0.1, 0.15) is 84.5 Å². The number of anilines is 1. The van der Waals surface area contributed by atoms with E-state index in [1.54, 1.807) is 12.1 Å². The molecule has 0 unspecified atom stereocenters. The summed E-state index contributed by atoms with van der Waals surface area (Å²) in [5.74, 6) is -0.855. The van der Waals surface area contributed by atoms with Crippen LogP contribution in [-0.4, -0.2) is 45.0 Å². The number of amides is 1. The second-order valence-electron chi connectivity index (χ2n) is 8.89. The van der Waals surface area contributed by atoms with Gasteiger partial charge in [0.15, 0.2) is 0 Å². The van der Waals surface area contributed by atoms with Gasteiger partial charge >= 0.3 is 5.97 Å². The minimum Gasteiger partial charge on any atom is -0.478 e. The molecule has 28 heavy (non-hydrogen) atoms. The minimum absolute atomic E-state index is 0.0997. The van der Waals surface area contributed by atoms with Gasteiger partial charge < -0.3 is 14.9 Å². The minimum atomic E-state index is -0.955. The number of piperazine rings is 1. The number of carbonyl (C=O) groups is 2. The summed E-state index contributed by atoms with van der Waals surface area (Å²) >= 11 is 0. The van der Waals surface area contributed by atoms with Gasteiger partial charge in [-0.15, -0.1) is 0 Å². The third kappa shape index (κ3) is 3.29. The van der Waals surface area contributed by atoms with Crippen molar-refractivity contribution in [3.05, 3.63) is 29.8 Å². The summed E-state index contributed by atoms with van der Waals surface area (Å²) in [6.07, 6.45) is 2.92. The van der Waals surface area contributed by atoms with Gasteiger partial charge in [-0.25, -0.2) is 4.79 Å². The van der Waals surface area contributed by atoms with Crippen LogP contribution in [0, 0.1) is 0 Å². The molecule has 5 nitrogen and oxygen atoms in total. The fourth-order valence-electron chi connectivity index (χ4n) is 4.77. The monoisotopic (exact) mass is 388 g/mol. The molecule has 1 aliphatic heterocycles. The first-order valence-electron chi connectivity index (χ1n) is 10.5. The van der Waals surface area contributed by atoms with E-state index in [2.05, 4.69) is 39.5 Å². The van der Waals surface area contributed by atoms with E-state index in [0.29, 0.717) is 25.1 Å². The van der Waals surface area contributed by atoms with E-state index in [0.717, 1.165) is 12.8 Å². The van der Waals surface area contributed by atoms with Crippen molar-refractivity contribution >= 4 is 17.6 Å². The van der Waals surface area contributed by atoms with E-state index in [1.807, 2.05) is 30.9 Å². The van der Waals surface area contributed by atoms with Crippen LogP contribution in [0.25, 0.3) is 0 Å². The molecule has 0 bridgehead atoms. The molecule has 1 aromatic carbocycles. The van der Waals surface area contributed by atoms with Gasteiger partial charge in [0.25, 0.3) is 0 Å². The molecule has 1 heterocycles. The van der Waals surface area contributed by atoms with Gasteiger partial charge in [-0.2, -0.15) is 0 Å². The van der Waals surface area contributed by atoms with Gasteiger partial charge in [0.1, 0.15) is 5.54 Å². The molecule has 1 fully saturated rings. The Balaban J connectivity index is 2.86. The maximum Gasteiger partial charge on any atom is 0.337 e. The molecule has 0 aliphatic carbocycles. The molecule has 0 aromatic heterocycles. The lowest BCUT2D eigenvalue weighted by atomic mass is 9.74. The number of rotatable bonds is 6. The zero-order valence-corrected chi connectivity index (χ0v) is 18.5. The van der Waals surface area contributed by atoms with Gasteiger partial charge in [-0.3, -0.25) is 4.79 Å². The highest BCUT2D eigenvalue weighted by molar-refractivity contribution is 5.99. The summed E-state index contributed by atoms with van der Waals surface area (Å²) in [7, 11) is 0. The van der Waals surface area contributed by atoms with Crippen LogP contribution in [-0.2, 0) is 4.79 Å². The highest BCUT2D eigenvalue weighted by Gasteiger charge is 2.58. The lowest BCUT2D eigenvalue weighted by Crippen LogP contribution is -2.77. The summed E-state index contributed by atoms with van der Waals surface area (Å²) in [4.78, 5) is 30.1. The smallest absolute Gasteiger partial charge is 0.337 e. The number of carboxylic acid groups (broad SMARTS) is 1. The first-order valence-corrected chi connectivity index (χ1v) is 10.5. The molecule has 1 saturated heterocycles. The Kier molecular flexibility index (Phi) is 6.17. The second kappa shape index (κ2) is 7.76. The first kappa shape index (κ1) is 22.3. The molecule has 1 amide bonds. The first-order chi connectivity index (χ1) is 13.0. The number of benzene rings is 1. The van der Waals surface area contributed by atoms with Crippen LogP contribution >= 0.6 is 0 Å². The number of hydrogen-bond acceptors (Lipinski definition) is 3. The summed E-state index contributed by atoms with van der Waals surface area (Å²) in [6.45, 7) is 15.2. The number of aromatic carboxylic acids is 1. The van der Waals surface area contributed by atoms with E-state index < -0.39 is 11.5 Å². The molecule has 1 N–H and O–H groups in total. The normalized spacial score (nSPS) is 19.0. The van der Waals surface area contributed by atoms with Gasteiger partial charge in [-0.05, 0) is 58.6 Å². The fraction of sp³-hybridized carbons (Fsp3) is 0.652. The standard InChI is InChI=1S/C23H36N2O3/c1-8-22(9-2)16-24(21(5,6)7)20(28)23(10-3,11-4)25(22)18-15-13-12-14-17(18)19(26)27/h12-15H,8-11,16H2,1-7H3,(H,26,27). The van der Waals surface area contributed by atoms with E-state index >= 15 is 0 Å². The maximum absolute atomic E-state index is 13.9. The number of carboxylic acids is 1. The average Bonchev–Trinajstić information content (AvgIpc) is 2.67. The van der Waals surface area contributed by atoms with Gasteiger partial charge in [0.2, 0.25) is 5.91 Å². The van der Waals surface area contributed by atoms with Gasteiger partial charge in [-0.1, -0.05) is 39.8 Å². The lowest BCUT2D eigenvalue weighted by Gasteiger charge is -2.63. The van der Waals surface area contributed by atoms with Crippen molar-refractivity contribution in [2.24, 2.45) is 0 Å². The van der Waals surface area contributed by atoms with Crippen molar-refractivity contribution in [2.45, 2.75) is 90.8 Å². The van der Waals surface area contributed by atoms with Crippen molar-refractivity contribution < 1.29 is 14.7 Å². The quantitative estimate of drug-likeness (QED) is 0.749. The van der Waals surface area contributed by atoms with E-state index in [9.17, 15) is 14.7 Å². The van der Waals surface area contributed by atoms with Crippen LogP contribution < -0.4 is 4.90 Å². The van der Waals surface area contributed by atoms with Gasteiger partial charge in [0, 0.05) is 12.1 Å². The lowest BCUT2D eigenvalue weighted by molar-refractivity contribution is -0.149. The van der Waals surface area contributed by atoms with E-state index in [-0.39, 0.29) is 22.5 Å². The van der Waals surface area contributed by atoms with Gasteiger partial charge in [0.05, 0.1) is 16.8 Å². The van der Waals surface area contributed by atoms with E-state index in [1.165, 1.54) is 0 Å². The average molecular weight is 389 g/mol.